The highest BCUT2D eigenvalue weighted by molar-refractivity contribution is 7.98. The predicted molar refractivity (Wildman–Crippen MR) is 94.6 cm³/mol. The molecule has 0 spiro atoms. The van der Waals surface area contributed by atoms with Crippen molar-refractivity contribution in [2.45, 2.75) is 17.3 Å². The van der Waals surface area contributed by atoms with Gasteiger partial charge in [-0.05, 0) is 17.2 Å². The van der Waals surface area contributed by atoms with Crippen LogP contribution >= 0.6 is 23.3 Å². The molecule has 122 valence electrons. The summed E-state index contributed by atoms with van der Waals surface area (Å²) in [6, 6.07) is 16.2. The third-order valence-corrected chi connectivity index (χ3v) is 4.84. The molecule has 2 aromatic carbocycles. The van der Waals surface area contributed by atoms with Crippen molar-refractivity contribution in [3.8, 4) is 0 Å². The van der Waals surface area contributed by atoms with Gasteiger partial charge in [-0.15, -0.1) is 0 Å². The van der Waals surface area contributed by atoms with Crippen LogP contribution in [-0.4, -0.2) is 15.3 Å². The molecule has 0 fully saturated rings. The van der Waals surface area contributed by atoms with Gasteiger partial charge in [0.25, 0.3) is 0 Å². The first-order chi connectivity index (χ1) is 11.7. The molecule has 1 amide bonds. The van der Waals surface area contributed by atoms with E-state index in [1.54, 1.807) is 18.2 Å². The number of carbonyl (C=O) groups excluding carboxylic acids is 1. The van der Waals surface area contributed by atoms with Gasteiger partial charge in [0, 0.05) is 17.3 Å². The Morgan fingerprint density at radius 3 is 2.67 bits per heavy atom. The Bertz CT molecular complexity index is 823. The number of anilines is 1. The van der Waals surface area contributed by atoms with Gasteiger partial charge in [-0.2, -0.15) is 9.36 Å². The van der Waals surface area contributed by atoms with Crippen LogP contribution in [0.4, 0.5) is 9.52 Å². The summed E-state index contributed by atoms with van der Waals surface area (Å²) in [7, 11) is 0. The number of thioether (sulfide) groups is 1. The predicted octanol–water partition coefficient (Wildman–Crippen LogP) is 4.15. The maximum atomic E-state index is 13.5. The van der Waals surface area contributed by atoms with Gasteiger partial charge >= 0.3 is 0 Å². The van der Waals surface area contributed by atoms with Crippen molar-refractivity contribution in [2.24, 2.45) is 0 Å². The highest BCUT2D eigenvalue weighted by Gasteiger charge is 2.11. The minimum absolute atomic E-state index is 0.0290. The molecule has 1 aromatic heterocycles. The summed E-state index contributed by atoms with van der Waals surface area (Å²) in [5, 5.41) is 3.70. The lowest BCUT2D eigenvalue weighted by Crippen LogP contribution is -2.15. The fourth-order valence-corrected chi connectivity index (χ4v) is 3.54. The number of aromatic nitrogens is 2. The molecule has 1 N–H and O–H groups in total. The number of halogens is 1. The second-order valence-corrected chi connectivity index (χ2v) is 6.67. The van der Waals surface area contributed by atoms with Gasteiger partial charge in [0.1, 0.15) is 5.82 Å². The van der Waals surface area contributed by atoms with Crippen LogP contribution in [0.15, 0.2) is 59.8 Å². The van der Waals surface area contributed by atoms with Crippen molar-refractivity contribution < 1.29 is 9.18 Å². The molecule has 0 aliphatic carbocycles. The number of amides is 1. The first-order valence-electron chi connectivity index (χ1n) is 7.24. The average molecular weight is 359 g/mol. The third-order valence-electron chi connectivity index (χ3n) is 3.17. The van der Waals surface area contributed by atoms with Crippen LogP contribution in [0, 0.1) is 5.82 Å². The molecule has 0 aliphatic heterocycles. The van der Waals surface area contributed by atoms with Gasteiger partial charge in [-0.25, -0.2) is 4.39 Å². The molecule has 3 rings (SSSR count). The summed E-state index contributed by atoms with van der Waals surface area (Å²) in [6.45, 7) is 0. The zero-order valence-corrected chi connectivity index (χ0v) is 14.2. The van der Waals surface area contributed by atoms with Crippen molar-refractivity contribution in [2.75, 3.05) is 5.32 Å². The molecule has 0 bridgehead atoms. The molecule has 1 heterocycles. The first kappa shape index (κ1) is 16.6. The van der Waals surface area contributed by atoms with Crippen molar-refractivity contribution >= 4 is 34.3 Å². The van der Waals surface area contributed by atoms with E-state index in [0.29, 0.717) is 15.9 Å². The summed E-state index contributed by atoms with van der Waals surface area (Å²) in [5.41, 5.74) is 1.54. The maximum Gasteiger partial charge on any atom is 0.230 e. The Kier molecular flexibility index (Phi) is 5.55. The minimum atomic E-state index is -0.385. The van der Waals surface area contributed by atoms with Gasteiger partial charge in [0.15, 0.2) is 0 Å². The van der Waals surface area contributed by atoms with E-state index in [-0.39, 0.29) is 18.1 Å². The SMILES string of the molecule is O=C(Cc1ccccc1F)Nc1nc(SCc2ccccc2)ns1. The summed E-state index contributed by atoms with van der Waals surface area (Å²) >= 11 is 2.62. The van der Waals surface area contributed by atoms with E-state index in [0.717, 1.165) is 17.3 Å². The van der Waals surface area contributed by atoms with Crippen LogP contribution in [0.2, 0.25) is 0 Å². The lowest BCUT2D eigenvalue weighted by molar-refractivity contribution is -0.115. The van der Waals surface area contributed by atoms with Crippen LogP contribution < -0.4 is 5.32 Å². The van der Waals surface area contributed by atoms with E-state index in [1.165, 1.54) is 23.4 Å². The van der Waals surface area contributed by atoms with Gasteiger partial charge in [-0.1, -0.05) is 60.3 Å². The van der Waals surface area contributed by atoms with Crippen molar-refractivity contribution in [1.82, 2.24) is 9.36 Å². The Morgan fingerprint density at radius 2 is 1.88 bits per heavy atom. The maximum absolute atomic E-state index is 13.5. The molecule has 4 nitrogen and oxygen atoms in total. The number of carbonyl (C=O) groups is 1. The monoisotopic (exact) mass is 359 g/mol. The van der Waals surface area contributed by atoms with Crippen LogP contribution in [0.25, 0.3) is 0 Å². The highest BCUT2D eigenvalue weighted by Crippen LogP contribution is 2.23. The lowest BCUT2D eigenvalue weighted by atomic mass is 10.1. The number of rotatable bonds is 6. The molecular formula is C17H14FN3OS2. The van der Waals surface area contributed by atoms with Gasteiger partial charge in [0.2, 0.25) is 16.2 Å². The van der Waals surface area contributed by atoms with Gasteiger partial charge in [0.05, 0.1) is 6.42 Å². The fraction of sp³-hybridized carbons (Fsp3) is 0.118. The standard InChI is InChI=1S/C17H14FN3OS2/c18-14-9-5-4-8-13(14)10-15(22)19-16-20-17(21-24-16)23-11-12-6-2-1-3-7-12/h1-9H,10-11H2,(H,19,20,21,22). The second kappa shape index (κ2) is 8.03. The lowest BCUT2D eigenvalue weighted by Gasteiger charge is -2.02. The van der Waals surface area contributed by atoms with Crippen molar-refractivity contribution in [1.29, 1.82) is 0 Å². The molecular weight excluding hydrogens is 345 g/mol. The molecule has 3 aromatic rings. The summed E-state index contributed by atoms with van der Waals surface area (Å²) in [6.07, 6.45) is -0.0290. The van der Waals surface area contributed by atoms with Gasteiger partial charge in [-0.3, -0.25) is 4.79 Å². The second-order valence-electron chi connectivity index (χ2n) is 4.97. The third kappa shape index (κ3) is 4.62. The zero-order chi connectivity index (χ0) is 16.8. The Hall–Kier alpha value is -2.25. The van der Waals surface area contributed by atoms with Crippen LogP contribution in [-0.2, 0) is 17.0 Å². The molecule has 0 saturated heterocycles. The Morgan fingerprint density at radius 1 is 1.12 bits per heavy atom. The Balaban J connectivity index is 1.54. The Labute approximate surface area is 147 Å². The summed E-state index contributed by atoms with van der Waals surface area (Å²) in [5.74, 6) is 0.0695. The molecule has 24 heavy (non-hydrogen) atoms. The van der Waals surface area contributed by atoms with Crippen LogP contribution in [0.1, 0.15) is 11.1 Å². The van der Waals surface area contributed by atoms with E-state index in [2.05, 4.69) is 14.7 Å². The van der Waals surface area contributed by atoms with E-state index < -0.39 is 0 Å². The zero-order valence-electron chi connectivity index (χ0n) is 12.6. The number of benzene rings is 2. The number of nitrogens with zero attached hydrogens (tertiary/aromatic N) is 2. The molecule has 0 atom stereocenters. The van der Waals surface area contributed by atoms with Crippen molar-refractivity contribution in [3.05, 3.63) is 71.5 Å². The van der Waals surface area contributed by atoms with E-state index in [4.69, 9.17) is 0 Å². The van der Waals surface area contributed by atoms with E-state index >= 15 is 0 Å². The normalized spacial score (nSPS) is 10.5. The smallest absolute Gasteiger partial charge is 0.230 e. The van der Waals surface area contributed by atoms with Crippen LogP contribution in [0.3, 0.4) is 0 Å². The number of hydrogen-bond donors (Lipinski definition) is 1. The van der Waals surface area contributed by atoms with Gasteiger partial charge < -0.3 is 5.32 Å². The number of nitrogens with one attached hydrogen (secondary N) is 1. The summed E-state index contributed by atoms with van der Waals surface area (Å²) < 4.78 is 17.8. The molecule has 0 aliphatic rings. The molecule has 0 saturated carbocycles. The molecule has 7 heteroatoms. The number of hydrogen-bond acceptors (Lipinski definition) is 5. The first-order valence-corrected chi connectivity index (χ1v) is 9.00. The molecule has 0 radical (unpaired) electrons. The van der Waals surface area contributed by atoms with Crippen molar-refractivity contribution in [3.63, 3.8) is 0 Å². The largest absolute Gasteiger partial charge is 0.300 e. The fourth-order valence-electron chi connectivity index (χ4n) is 2.02. The molecule has 0 unspecified atom stereocenters. The summed E-state index contributed by atoms with van der Waals surface area (Å²) in [4.78, 5) is 16.3. The van der Waals surface area contributed by atoms with Crippen LogP contribution in [0.5, 0.6) is 0 Å². The van der Waals surface area contributed by atoms with E-state index in [1.807, 2.05) is 30.3 Å². The average Bonchev–Trinajstić information content (AvgIpc) is 3.03. The topological polar surface area (TPSA) is 54.9 Å². The quantitative estimate of drug-likeness (QED) is 0.672. The minimum Gasteiger partial charge on any atom is -0.300 e. The highest BCUT2D eigenvalue weighted by atomic mass is 32.2. The van der Waals surface area contributed by atoms with E-state index in [9.17, 15) is 9.18 Å².